The lowest BCUT2D eigenvalue weighted by Crippen LogP contribution is -2.05. The van der Waals surface area contributed by atoms with Crippen molar-refractivity contribution in [1.29, 1.82) is 0 Å². The van der Waals surface area contributed by atoms with Crippen LogP contribution in [0.5, 0.6) is 0 Å². The van der Waals surface area contributed by atoms with E-state index in [9.17, 15) is 5.11 Å². The second kappa shape index (κ2) is 5.20. The van der Waals surface area contributed by atoms with Gasteiger partial charge in [0.2, 0.25) is 0 Å². The van der Waals surface area contributed by atoms with Gasteiger partial charge in [-0.25, -0.2) is 0 Å². The van der Waals surface area contributed by atoms with Crippen molar-refractivity contribution < 1.29 is 5.11 Å². The molecule has 0 aromatic heterocycles. The Balaban J connectivity index is 2.19. The van der Waals surface area contributed by atoms with E-state index in [2.05, 4.69) is 6.07 Å². The lowest BCUT2D eigenvalue weighted by Gasteiger charge is -2.22. The van der Waals surface area contributed by atoms with Gasteiger partial charge in [-0.3, -0.25) is 0 Å². The van der Waals surface area contributed by atoms with Gasteiger partial charge in [-0.1, -0.05) is 43.0 Å². The molecule has 2 heteroatoms. The van der Waals surface area contributed by atoms with Crippen molar-refractivity contribution in [2.45, 2.75) is 51.0 Å². The number of aliphatic hydroxyl groups is 1. The summed E-state index contributed by atoms with van der Waals surface area (Å²) in [5.41, 5.74) is 2.18. The minimum atomic E-state index is -0.479. The summed E-state index contributed by atoms with van der Waals surface area (Å²) in [6.45, 7) is 1.75. The van der Waals surface area contributed by atoms with E-state index in [1.54, 1.807) is 6.92 Å². The summed E-state index contributed by atoms with van der Waals surface area (Å²) >= 11 is 6.18. The molecular formula is C14H19ClO. The Labute approximate surface area is 102 Å². The Morgan fingerprint density at radius 1 is 1.25 bits per heavy atom. The molecule has 0 spiro atoms. The second-order valence-electron chi connectivity index (χ2n) is 4.79. The van der Waals surface area contributed by atoms with Crippen molar-refractivity contribution in [3.63, 3.8) is 0 Å². The highest BCUT2D eigenvalue weighted by molar-refractivity contribution is 6.31. The molecule has 0 bridgehead atoms. The van der Waals surface area contributed by atoms with Crippen molar-refractivity contribution in [2.75, 3.05) is 0 Å². The molecule has 1 unspecified atom stereocenters. The molecular weight excluding hydrogens is 220 g/mol. The van der Waals surface area contributed by atoms with Crippen LogP contribution in [0.15, 0.2) is 18.2 Å². The first-order valence-corrected chi connectivity index (χ1v) is 6.53. The minimum Gasteiger partial charge on any atom is -0.389 e. The van der Waals surface area contributed by atoms with E-state index in [0.29, 0.717) is 10.9 Å². The molecule has 0 saturated heterocycles. The van der Waals surface area contributed by atoms with E-state index in [4.69, 9.17) is 11.6 Å². The summed E-state index contributed by atoms with van der Waals surface area (Å²) in [6, 6.07) is 6.14. The van der Waals surface area contributed by atoms with Gasteiger partial charge in [-0.15, -0.1) is 0 Å². The molecule has 1 atom stereocenters. The Morgan fingerprint density at radius 3 is 2.50 bits per heavy atom. The van der Waals surface area contributed by atoms with Crippen LogP contribution in [0.4, 0.5) is 0 Å². The van der Waals surface area contributed by atoms with Gasteiger partial charge in [0.15, 0.2) is 0 Å². The van der Waals surface area contributed by atoms with Gasteiger partial charge in [0.25, 0.3) is 0 Å². The number of halogens is 1. The maximum absolute atomic E-state index is 9.52. The third kappa shape index (κ3) is 2.58. The lowest BCUT2D eigenvalue weighted by molar-refractivity contribution is 0.199. The Bertz CT molecular complexity index is 354. The molecule has 1 aliphatic carbocycles. The van der Waals surface area contributed by atoms with Crippen LogP contribution in [-0.2, 0) is 0 Å². The standard InChI is InChI=1S/C14H19ClO/c1-10(16)13-8-7-12(9-14(13)15)11-5-3-2-4-6-11/h7-11,16H,2-6H2,1H3. The summed E-state index contributed by atoms with van der Waals surface area (Å²) in [7, 11) is 0. The van der Waals surface area contributed by atoms with Gasteiger partial charge in [0.1, 0.15) is 0 Å². The number of aliphatic hydroxyl groups excluding tert-OH is 1. The van der Waals surface area contributed by atoms with Crippen LogP contribution in [0.3, 0.4) is 0 Å². The smallest absolute Gasteiger partial charge is 0.0776 e. The van der Waals surface area contributed by atoms with Crippen LogP contribution in [0.1, 0.15) is 62.2 Å². The van der Waals surface area contributed by atoms with Gasteiger partial charge >= 0.3 is 0 Å². The molecule has 0 aliphatic heterocycles. The van der Waals surface area contributed by atoms with E-state index in [-0.39, 0.29) is 0 Å². The molecule has 16 heavy (non-hydrogen) atoms. The molecule has 0 heterocycles. The number of benzene rings is 1. The van der Waals surface area contributed by atoms with E-state index in [0.717, 1.165) is 5.56 Å². The summed E-state index contributed by atoms with van der Waals surface area (Å²) < 4.78 is 0. The zero-order valence-corrected chi connectivity index (χ0v) is 10.5. The highest BCUT2D eigenvalue weighted by Gasteiger charge is 2.17. The van der Waals surface area contributed by atoms with Gasteiger partial charge in [-0.05, 0) is 42.9 Å². The fraction of sp³-hybridized carbons (Fsp3) is 0.571. The highest BCUT2D eigenvalue weighted by Crippen LogP contribution is 2.35. The number of hydrogen-bond acceptors (Lipinski definition) is 1. The average Bonchev–Trinajstić information content (AvgIpc) is 2.29. The zero-order chi connectivity index (χ0) is 11.5. The summed E-state index contributed by atoms with van der Waals surface area (Å²) in [4.78, 5) is 0. The first-order chi connectivity index (χ1) is 7.68. The van der Waals surface area contributed by atoms with Gasteiger partial charge < -0.3 is 5.11 Å². The summed E-state index contributed by atoms with van der Waals surface area (Å²) in [5, 5.41) is 10.2. The van der Waals surface area contributed by atoms with Crippen LogP contribution in [0.25, 0.3) is 0 Å². The van der Waals surface area contributed by atoms with E-state index in [1.807, 2.05) is 12.1 Å². The molecule has 1 aromatic carbocycles. The largest absolute Gasteiger partial charge is 0.389 e. The normalized spacial score (nSPS) is 19.7. The topological polar surface area (TPSA) is 20.2 Å². The maximum atomic E-state index is 9.52. The lowest BCUT2D eigenvalue weighted by atomic mass is 9.84. The van der Waals surface area contributed by atoms with Crippen molar-refractivity contribution >= 4 is 11.6 Å². The van der Waals surface area contributed by atoms with Gasteiger partial charge in [0.05, 0.1) is 6.10 Å². The molecule has 1 saturated carbocycles. The van der Waals surface area contributed by atoms with Crippen LogP contribution in [0, 0.1) is 0 Å². The molecule has 1 nitrogen and oxygen atoms in total. The van der Waals surface area contributed by atoms with Crippen LogP contribution >= 0.6 is 11.6 Å². The third-order valence-corrected chi connectivity index (χ3v) is 3.88. The first-order valence-electron chi connectivity index (χ1n) is 6.16. The van der Waals surface area contributed by atoms with Gasteiger partial charge in [-0.2, -0.15) is 0 Å². The Morgan fingerprint density at radius 2 is 1.94 bits per heavy atom. The first kappa shape index (κ1) is 11.9. The molecule has 1 N–H and O–H groups in total. The van der Waals surface area contributed by atoms with Crippen molar-refractivity contribution in [2.24, 2.45) is 0 Å². The van der Waals surface area contributed by atoms with Crippen LogP contribution < -0.4 is 0 Å². The third-order valence-electron chi connectivity index (χ3n) is 3.55. The molecule has 0 radical (unpaired) electrons. The fourth-order valence-electron chi connectivity index (χ4n) is 2.57. The number of hydrogen-bond donors (Lipinski definition) is 1. The minimum absolute atomic E-state index is 0.479. The molecule has 1 fully saturated rings. The van der Waals surface area contributed by atoms with Crippen LogP contribution in [0.2, 0.25) is 5.02 Å². The number of rotatable bonds is 2. The summed E-state index contributed by atoms with van der Waals surface area (Å²) in [5.74, 6) is 0.675. The van der Waals surface area contributed by atoms with Crippen molar-refractivity contribution in [3.05, 3.63) is 34.3 Å². The summed E-state index contributed by atoms with van der Waals surface area (Å²) in [6.07, 6.45) is 6.12. The Hall–Kier alpha value is -0.530. The average molecular weight is 239 g/mol. The van der Waals surface area contributed by atoms with Crippen molar-refractivity contribution in [1.82, 2.24) is 0 Å². The predicted octanol–water partition coefficient (Wildman–Crippen LogP) is 4.44. The quantitative estimate of drug-likeness (QED) is 0.808. The van der Waals surface area contributed by atoms with Gasteiger partial charge in [0, 0.05) is 5.02 Å². The fourth-order valence-corrected chi connectivity index (χ4v) is 2.92. The molecule has 0 amide bonds. The molecule has 2 rings (SSSR count). The van der Waals surface area contributed by atoms with E-state index in [1.165, 1.54) is 37.7 Å². The predicted molar refractivity (Wildman–Crippen MR) is 67.9 cm³/mol. The molecule has 1 aromatic rings. The van der Waals surface area contributed by atoms with E-state index < -0.39 is 6.10 Å². The highest BCUT2D eigenvalue weighted by atomic mass is 35.5. The zero-order valence-electron chi connectivity index (χ0n) is 9.75. The van der Waals surface area contributed by atoms with Crippen LogP contribution in [-0.4, -0.2) is 5.11 Å². The van der Waals surface area contributed by atoms with E-state index >= 15 is 0 Å². The molecule has 88 valence electrons. The second-order valence-corrected chi connectivity index (χ2v) is 5.20. The monoisotopic (exact) mass is 238 g/mol. The molecule has 1 aliphatic rings. The Kier molecular flexibility index (Phi) is 3.88. The SMILES string of the molecule is CC(O)c1ccc(C2CCCCC2)cc1Cl. The maximum Gasteiger partial charge on any atom is 0.0776 e. The van der Waals surface area contributed by atoms with Crippen molar-refractivity contribution in [3.8, 4) is 0 Å².